The third-order valence-corrected chi connectivity index (χ3v) is 3.49. The van der Waals surface area contributed by atoms with Crippen LogP contribution in [0.25, 0.3) is 0 Å². The summed E-state index contributed by atoms with van der Waals surface area (Å²) in [4.78, 5) is 11.9. The molecule has 1 saturated heterocycles. The standard InChI is InChI=1S/C17H31N3O/c1-2-3-4-5-6-10-16-15-17(21)20-13-8-7-11-18-12-9-14-19-16/h3-4,6,10,16,18-19H,2,5,7-9,11-15H2,1H3,(H,20,21)/b4-3-,10-6-/t16-/m1/s1. The molecule has 0 radical (unpaired) electrons. The first-order chi connectivity index (χ1) is 10.3. The van der Waals surface area contributed by atoms with Crippen LogP contribution < -0.4 is 16.0 Å². The fraction of sp³-hybridized carbons (Fsp3) is 0.706. The summed E-state index contributed by atoms with van der Waals surface area (Å²) < 4.78 is 0. The fourth-order valence-corrected chi connectivity index (χ4v) is 2.29. The van der Waals surface area contributed by atoms with E-state index in [1.165, 1.54) is 0 Å². The Kier molecular flexibility index (Phi) is 10.8. The first-order valence-electron chi connectivity index (χ1n) is 8.35. The van der Waals surface area contributed by atoms with Crippen LogP contribution in [0.3, 0.4) is 0 Å². The molecule has 3 N–H and O–H groups in total. The molecule has 4 heteroatoms. The van der Waals surface area contributed by atoms with Crippen LogP contribution in [0.5, 0.6) is 0 Å². The molecule has 120 valence electrons. The number of hydrogen-bond donors (Lipinski definition) is 3. The van der Waals surface area contributed by atoms with Crippen LogP contribution in [0.15, 0.2) is 24.3 Å². The van der Waals surface area contributed by atoms with Gasteiger partial charge in [0.1, 0.15) is 0 Å². The number of allylic oxidation sites excluding steroid dienone is 3. The van der Waals surface area contributed by atoms with Gasteiger partial charge in [-0.25, -0.2) is 0 Å². The average Bonchev–Trinajstić information content (AvgIpc) is 2.49. The lowest BCUT2D eigenvalue weighted by Crippen LogP contribution is -2.35. The van der Waals surface area contributed by atoms with Gasteiger partial charge in [-0.1, -0.05) is 31.2 Å². The van der Waals surface area contributed by atoms with Crippen LogP contribution in [-0.4, -0.2) is 38.1 Å². The maximum Gasteiger partial charge on any atom is 0.221 e. The molecule has 1 atom stereocenters. The Morgan fingerprint density at radius 3 is 2.71 bits per heavy atom. The van der Waals surface area contributed by atoms with E-state index in [4.69, 9.17) is 0 Å². The summed E-state index contributed by atoms with van der Waals surface area (Å²) in [5.41, 5.74) is 0. The number of amides is 1. The molecule has 21 heavy (non-hydrogen) atoms. The van der Waals surface area contributed by atoms with E-state index in [1.54, 1.807) is 0 Å². The molecule has 0 aromatic rings. The monoisotopic (exact) mass is 293 g/mol. The summed E-state index contributed by atoms with van der Waals surface area (Å²) in [6.45, 7) is 5.96. The lowest BCUT2D eigenvalue weighted by Gasteiger charge is -2.14. The van der Waals surface area contributed by atoms with E-state index in [0.717, 1.165) is 58.3 Å². The molecule has 0 saturated carbocycles. The lowest BCUT2D eigenvalue weighted by molar-refractivity contribution is -0.121. The second-order valence-corrected chi connectivity index (χ2v) is 5.47. The number of carbonyl (C=O) groups is 1. The molecule has 1 fully saturated rings. The highest BCUT2D eigenvalue weighted by molar-refractivity contribution is 5.76. The minimum absolute atomic E-state index is 0.140. The second-order valence-electron chi connectivity index (χ2n) is 5.47. The molecule has 0 aromatic heterocycles. The quantitative estimate of drug-likeness (QED) is 0.696. The molecule has 1 rings (SSSR count). The number of hydrogen-bond acceptors (Lipinski definition) is 3. The molecule has 0 spiro atoms. The normalized spacial score (nSPS) is 23.5. The van der Waals surface area contributed by atoms with E-state index >= 15 is 0 Å². The van der Waals surface area contributed by atoms with Crippen LogP contribution in [-0.2, 0) is 4.79 Å². The highest BCUT2D eigenvalue weighted by Gasteiger charge is 2.10. The van der Waals surface area contributed by atoms with E-state index < -0.39 is 0 Å². The molecule has 4 nitrogen and oxygen atoms in total. The van der Waals surface area contributed by atoms with Gasteiger partial charge in [0.2, 0.25) is 5.91 Å². The highest BCUT2D eigenvalue weighted by atomic mass is 16.1. The topological polar surface area (TPSA) is 53.2 Å². The van der Waals surface area contributed by atoms with E-state index in [0.29, 0.717) is 6.42 Å². The Morgan fingerprint density at radius 1 is 1.05 bits per heavy atom. The van der Waals surface area contributed by atoms with Gasteiger partial charge in [-0.3, -0.25) is 4.79 Å². The van der Waals surface area contributed by atoms with E-state index in [2.05, 4.69) is 47.2 Å². The summed E-state index contributed by atoms with van der Waals surface area (Å²) in [6, 6.07) is 0.140. The minimum Gasteiger partial charge on any atom is -0.356 e. The van der Waals surface area contributed by atoms with Crippen molar-refractivity contribution in [3.63, 3.8) is 0 Å². The van der Waals surface area contributed by atoms with Gasteiger partial charge in [-0.05, 0) is 51.7 Å². The molecule has 1 amide bonds. The van der Waals surface area contributed by atoms with Gasteiger partial charge in [-0.15, -0.1) is 0 Å². The molecule has 1 heterocycles. The van der Waals surface area contributed by atoms with Crippen molar-refractivity contribution >= 4 is 5.91 Å². The third kappa shape index (κ3) is 10.3. The summed E-state index contributed by atoms with van der Waals surface area (Å²) in [7, 11) is 0. The van der Waals surface area contributed by atoms with E-state index in [-0.39, 0.29) is 11.9 Å². The van der Waals surface area contributed by atoms with Crippen molar-refractivity contribution in [2.75, 3.05) is 26.2 Å². The molecule has 0 bridgehead atoms. The van der Waals surface area contributed by atoms with E-state index in [9.17, 15) is 4.79 Å². The van der Waals surface area contributed by atoms with Gasteiger partial charge in [-0.2, -0.15) is 0 Å². The summed E-state index contributed by atoms with van der Waals surface area (Å²) in [5, 5.41) is 9.91. The van der Waals surface area contributed by atoms with E-state index in [1.807, 2.05) is 0 Å². The Hall–Kier alpha value is -1.13. The lowest BCUT2D eigenvalue weighted by atomic mass is 10.1. The van der Waals surface area contributed by atoms with Crippen molar-refractivity contribution in [3.05, 3.63) is 24.3 Å². The Bertz CT molecular complexity index is 326. The fourth-order valence-electron chi connectivity index (χ4n) is 2.29. The zero-order valence-corrected chi connectivity index (χ0v) is 13.4. The first kappa shape index (κ1) is 17.9. The molecule has 1 aliphatic rings. The number of carbonyl (C=O) groups excluding carboxylic acids is 1. The van der Waals surface area contributed by atoms with Gasteiger partial charge in [0.05, 0.1) is 0 Å². The van der Waals surface area contributed by atoms with Crippen molar-refractivity contribution in [2.45, 2.75) is 51.5 Å². The van der Waals surface area contributed by atoms with Crippen LogP contribution >= 0.6 is 0 Å². The van der Waals surface area contributed by atoms with Gasteiger partial charge >= 0.3 is 0 Å². The average molecular weight is 293 g/mol. The highest BCUT2D eigenvalue weighted by Crippen LogP contribution is 1.99. The van der Waals surface area contributed by atoms with Gasteiger partial charge in [0, 0.05) is 19.0 Å². The third-order valence-electron chi connectivity index (χ3n) is 3.49. The molecule has 0 unspecified atom stereocenters. The zero-order chi connectivity index (χ0) is 15.2. The minimum atomic E-state index is 0.140. The Morgan fingerprint density at radius 2 is 1.86 bits per heavy atom. The maximum absolute atomic E-state index is 11.9. The van der Waals surface area contributed by atoms with Crippen LogP contribution in [0, 0.1) is 0 Å². The van der Waals surface area contributed by atoms with Crippen molar-refractivity contribution in [1.29, 1.82) is 0 Å². The largest absolute Gasteiger partial charge is 0.356 e. The Labute approximate surface area is 129 Å². The molecule has 0 aromatic carbocycles. The SMILES string of the molecule is CC/C=C\C/C=C\[C@@H]1CC(=O)NCCCCNCCCN1. The van der Waals surface area contributed by atoms with Crippen molar-refractivity contribution in [3.8, 4) is 0 Å². The predicted octanol–water partition coefficient (Wildman–Crippen LogP) is 2.14. The first-order valence-corrected chi connectivity index (χ1v) is 8.35. The van der Waals surface area contributed by atoms with Gasteiger partial charge in [0.15, 0.2) is 0 Å². The van der Waals surface area contributed by atoms with Crippen LogP contribution in [0.1, 0.15) is 45.4 Å². The Balaban J connectivity index is 2.42. The number of nitrogens with one attached hydrogen (secondary N) is 3. The van der Waals surface area contributed by atoms with Crippen LogP contribution in [0.4, 0.5) is 0 Å². The van der Waals surface area contributed by atoms with Crippen molar-refractivity contribution in [2.24, 2.45) is 0 Å². The number of rotatable bonds is 4. The molecule has 0 aliphatic carbocycles. The zero-order valence-electron chi connectivity index (χ0n) is 13.4. The predicted molar refractivity (Wildman–Crippen MR) is 89.3 cm³/mol. The molecular formula is C17H31N3O. The van der Waals surface area contributed by atoms with Crippen LogP contribution in [0.2, 0.25) is 0 Å². The summed E-state index contributed by atoms with van der Waals surface area (Å²) in [6.07, 6.45) is 14.4. The van der Waals surface area contributed by atoms with Gasteiger partial charge in [0.25, 0.3) is 0 Å². The smallest absolute Gasteiger partial charge is 0.221 e. The molecular weight excluding hydrogens is 262 g/mol. The molecule has 1 aliphatic heterocycles. The van der Waals surface area contributed by atoms with Crippen molar-refractivity contribution in [1.82, 2.24) is 16.0 Å². The van der Waals surface area contributed by atoms with Gasteiger partial charge < -0.3 is 16.0 Å². The second kappa shape index (κ2) is 12.6. The summed E-state index contributed by atoms with van der Waals surface area (Å²) >= 11 is 0. The van der Waals surface area contributed by atoms with Crippen molar-refractivity contribution < 1.29 is 4.79 Å². The maximum atomic E-state index is 11.9. The summed E-state index contributed by atoms with van der Waals surface area (Å²) in [5.74, 6) is 0.147.